The molecule has 3 heteroatoms. The maximum absolute atomic E-state index is 11.2. The summed E-state index contributed by atoms with van der Waals surface area (Å²) < 4.78 is 0. The largest absolute Gasteiger partial charge is 0.336 e. The van der Waals surface area contributed by atoms with Crippen molar-refractivity contribution in [3.05, 3.63) is 35.9 Å². The molecule has 1 N–H and O–H groups in total. The van der Waals surface area contributed by atoms with Crippen LogP contribution in [-0.4, -0.2) is 24.0 Å². The van der Waals surface area contributed by atoms with Crippen LogP contribution in [0.1, 0.15) is 5.56 Å². The summed E-state index contributed by atoms with van der Waals surface area (Å²) in [7, 11) is 0. The van der Waals surface area contributed by atoms with Crippen LogP contribution in [0.2, 0.25) is 0 Å². The Bertz CT molecular complexity index is 297. The minimum absolute atomic E-state index is 0.0350. The lowest BCUT2D eigenvalue weighted by Crippen LogP contribution is -2.27. The molecule has 67 valence electrons. The van der Waals surface area contributed by atoms with Gasteiger partial charge in [-0.3, -0.25) is 0 Å². The van der Waals surface area contributed by atoms with Gasteiger partial charge in [0.1, 0.15) is 0 Å². The molecule has 1 fully saturated rings. The van der Waals surface area contributed by atoms with Crippen LogP contribution in [0.3, 0.4) is 0 Å². The molecule has 0 atom stereocenters. The second kappa shape index (κ2) is 3.47. The van der Waals surface area contributed by atoms with E-state index < -0.39 is 0 Å². The number of urea groups is 1. The van der Waals surface area contributed by atoms with Gasteiger partial charge in [0.25, 0.3) is 0 Å². The molecule has 3 nitrogen and oxygen atoms in total. The molecule has 1 aromatic rings. The molecule has 2 rings (SSSR count). The van der Waals surface area contributed by atoms with Crippen LogP contribution in [-0.2, 0) is 6.54 Å². The second-order valence-corrected chi connectivity index (χ2v) is 3.06. The summed E-state index contributed by atoms with van der Waals surface area (Å²) in [6, 6.07) is 10.7. The second-order valence-electron chi connectivity index (χ2n) is 3.06. The zero-order valence-corrected chi connectivity index (χ0v) is 7.29. The summed E-state index contributed by atoms with van der Waals surface area (Å²) in [6.45, 7) is 2.26. The van der Waals surface area contributed by atoms with Gasteiger partial charge in [0, 0.05) is 19.6 Å². The van der Waals surface area contributed by atoms with Crippen molar-refractivity contribution in [2.24, 2.45) is 0 Å². The predicted molar refractivity (Wildman–Crippen MR) is 49.1 cm³/mol. The van der Waals surface area contributed by atoms with Crippen LogP contribution in [0, 0.1) is 6.07 Å². The Morgan fingerprint density at radius 2 is 2.23 bits per heavy atom. The Kier molecular flexibility index (Phi) is 2.17. The summed E-state index contributed by atoms with van der Waals surface area (Å²) in [5, 5.41) is 2.77. The van der Waals surface area contributed by atoms with Crippen molar-refractivity contribution in [1.29, 1.82) is 0 Å². The lowest BCUT2D eigenvalue weighted by atomic mass is 10.2. The highest BCUT2D eigenvalue weighted by atomic mass is 16.2. The van der Waals surface area contributed by atoms with Gasteiger partial charge in [-0.15, -0.1) is 0 Å². The Balaban J connectivity index is 2.02. The third-order valence-electron chi connectivity index (χ3n) is 2.11. The summed E-state index contributed by atoms with van der Waals surface area (Å²) in [5.41, 5.74) is 1.15. The first-order valence-electron chi connectivity index (χ1n) is 4.34. The van der Waals surface area contributed by atoms with Gasteiger partial charge in [0.15, 0.2) is 0 Å². The highest BCUT2D eigenvalue weighted by molar-refractivity contribution is 5.76. The lowest BCUT2D eigenvalue weighted by Gasteiger charge is -2.13. The molecule has 1 aliphatic rings. The number of hydrogen-bond donors (Lipinski definition) is 1. The number of rotatable bonds is 2. The number of benzene rings is 1. The number of carbonyl (C=O) groups is 1. The standard InChI is InChI=1S/C10H11N2O/c13-10-11-6-7-12(10)8-9-4-2-1-3-5-9/h2-5H,6-8H2,(H,11,13). The van der Waals surface area contributed by atoms with Gasteiger partial charge >= 0.3 is 6.03 Å². The smallest absolute Gasteiger partial charge is 0.317 e. The average Bonchev–Trinajstić information content (AvgIpc) is 2.54. The fourth-order valence-corrected chi connectivity index (χ4v) is 1.41. The van der Waals surface area contributed by atoms with E-state index in [-0.39, 0.29) is 6.03 Å². The van der Waals surface area contributed by atoms with E-state index in [9.17, 15) is 4.79 Å². The monoisotopic (exact) mass is 175 g/mol. The molecule has 0 spiro atoms. The van der Waals surface area contributed by atoms with Crippen molar-refractivity contribution in [2.45, 2.75) is 6.54 Å². The maximum atomic E-state index is 11.2. The molecule has 0 bridgehead atoms. The van der Waals surface area contributed by atoms with Gasteiger partial charge < -0.3 is 10.2 Å². The quantitative estimate of drug-likeness (QED) is 0.714. The van der Waals surface area contributed by atoms with Crippen molar-refractivity contribution in [1.82, 2.24) is 10.2 Å². The molecule has 1 heterocycles. The van der Waals surface area contributed by atoms with Gasteiger partial charge in [-0.1, -0.05) is 24.3 Å². The zero-order valence-electron chi connectivity index (χ0n) is 7.29. The minimum atomic E-state index is 0.0350. The minimum Gasteiger partial charge on any atom is -0.336 e. The van der Waals surface area contributed by atoms with Crippen molar-refractivity contribution in [3.8, 4) is 0 Å². The van der Waals surface area contributed by atoms with Crippen LogP contribution >= 0.6 is 0 Å². The molecule has 0 saturated carbocycles. The number of carbonyl (C=O) groups excluding carboxylic acids is 1. The maximum Gasteiger partial charge on any atom is 0.317 e. The first-order valence-corrected chi connectivity index (χ1v) is 4.34. The number of amides is 2. The first-order chi connectivity index (χ1) is 6.36. The van der Waals surface area contributed by atoms with E-state index in [1.807, 2.05) is 24.3 Å². The molecule has 0 aliphatic carbocycles. The van der Waals surface area contributed by atoms with Crippen LogP contribution in [0.5, 0.6) is 0 Å². The molecular weight excluding hydrogens is 164 g/mol. The van der Waals surface area contributed by atoms with E-state index in [0.717, 1.165) is 18.7 Å². The third kappa shape index (κ3) is 1.80. The topological polar surface area (TPSA) is 32.3 Å². The summed E-state index contributed by atoms with van der Waals surface area (Å²) in [4.78, 5) is 13.0. The average molecular weight is 175 g/mol. The van der Waals surface area contributed by atoms with Gasteiger partial charge in [-0.2, -0.15) is 0 Å². The van der Waals surface area contributed by atoms with Crippen molar-refractivity contribution >= 4 is 6.03 Å². The van der Waals surface area contributed by atoms with Crippen molar-refractivity contribution in [3.63, 3.8) is 0 Å². The van der Waals surface area contributed by atoms with E-state index in [1.54, 1.807) is 4.90 Å². The van der Waals surface area contributed by atoms with E-state index in [1.165, 1.54) is 0 Å². The van der Waals surface area contributed by atoms with Crippen LogP contribution < -0.4 is 5.32 Å². The van der Waals surface area contributed by atoms with E-state index in [2.05, 4.69) is 11.4 Å². The Hall–Kier alpha value is -1.51. The molecule has 0 aromatic heterocycles. The van der Waals surface area contributed by atoms with Gasteiger partial charge in [-0.05, 0) is 11.6 Å². The Morgan fingerprint density at radius 1 is 1.46 bits per heavy atom. The molecule has 0 unspecified atom stereocenters. The lowest BCUT2D eigenvalue weighted by molar-refractivity contribution is 0.215. The normalized spacial score (nSPS) is 16.0. The van der Waals surface area contributed by atoms with E-state index in [4.69, 9.17) is 0 Å². The van der Waals surface area contributed by atoms with Crippen LogP contribution in [0.25, 0.3) is 0 Å². The third-order valence-corrected chi connectivity index (χ3v) is 2.11. The SMILES string of the molecule is O=C1NCCN1Cc1cc[c]cc1. The molecule has 1 saturated heterocycles. The number of nitrogens with one attached hydrogen (secondary N) is 1. The highest BCUT2D eigenvalue weighted by Gasteiger charge is 2.18. The molecule has 1 radical (unpaired) electrons. The first kappa shape index (κ1) is 8.10. The summed E-state index contributed by atoms with van der Waals surface area (Å²) in [5.74, 6) is 0. The van der Waals surface area contributed by atoms with Crippen LogP contribution in [0.15, 0.2) is 24.3 Å². The predicted octanol–water partition coefficient (Wildman–Crippen LogP) is 1.01. The van der Waals surface area contributed by atoms with Gasteiger partial charge in [0.2, 0.25) is 0 Å². The number of nitrogens with zero attached hydrogens (tertiary/aromatic N) is 1. The molecule has 2 amide bonds. The zero-order chi connectivity index (χ0) is 9.10. The molecule has 1 aromatic carbocycles. The Morgan fingerprint density at radius 3 is 2.85 bits per heavy atom. The highest BCUT2D eigenvalue weighted by Crippen LogP contribution is 2.06. The summed E-state index contributed by atoms with van der Waals surface area (Å²) in [6.07, 6.45) is 0. The van der Waals surface area contributed by atoms with E-state index >= 15 is 0 Å². The fourth-order valence-electron chi connectivity index (χ4n) is 1.41. The number of hydrogen-bond acceptors (Lipinski definition) is 1. The summed E-state index contributed by atoms with van der Waals surface area (Å²) >= 11 is 0. The van der Waals surface area contributed by atoms with Gasteiger partial charge in [0.05, 0.1) is 0 Å². The fraction of sp³-hybridized carbons (Fsp3) is 0.300. The van der Waals surface area contributed by atoms with Gasteiger partial charge in [-0.25, -0.2) is 4.79 Å². The Labute approximate surface area is 77.4 Å². The van der Waals surface area contributed by atoms with Crippen molar-refractivity contribution < 1.29 is 4.79 Å². The van der Waals surface area contributed by atoms with Crippen molar-refractivity contribution in [2.75, 3.05) is 13.1 Å². The molecule has 1 aliphatic heterocycles. The molecule has 13 heavy (non-hydrogen) atoms. The van der Waals surface area contributed by atoms with Crippen LogP contribution in [0.4, 0.5) is 4.79 Å². The molecular formula is C10H11N2O. The van der Waals surface area contributed by atoms with E-state index in [0.29, 0.717) is 6.54 Å².